The zero-order chi connectivity index (χ0) is 40.1. The van der Waals surface area contributed by atoms with Crippen LogP contribution in [-0.2, 0) is 14.3 Å². The maximum Gasteiger partial charge on any atom is 0.312 e. The minimum atomic E-state index is -0.555. The third-order valence-corrected chi connectivity index (χ3v) is 14.2. The molecule has 0 saturated heterocycles. The number of carbonyl (C=O) groups excluding carboxylic acids is 2. The largest absolute Gasteiger partial charge is 0.462 e. The van der Waals surface area contributed by atoms with Crippen LogP contribution in [-0.4, -0.2) is 17.9 Å². The van der Waals surface area contributed by atoms with Crippen LogP contribution in [0.3, 0.4) is 0 Å². The fraction of sp³-hybridized carbons (Fsp3) is 0.917. The molecule has 0 radical (unpaired) electrons. The van der Waals surface area contributed by atoms with Gasteiger partial charge in [0.15, 0.2) is 5.78 Å². The summed E-state index contributed by atoms with van der Waals surface area (Å²) in [5, 5.41) is 0. The van der Waals surface area contributed by atoms with Crippen molar-refractivity contribution in [2.24, 2.45) is 72.9 Å². The molecule has 2 rings (SSSR count). The van der Waals surface area contributed by atoms with E-state index >= 15 is 0 Å². The van der Waals surface area contributed by atoms with E-state index in [1.807, 2.05) is 0 Å². The summed E-state index contributed by atoms with van der Waals surface area (Å²) in [7, 11) is 0. The van der Waals surface area contributed by atoms with E-state index in [9.17, 15) is 9.59 Å². The lowest BCUT2D eigenvalue weighted by atomic mass is 9.59. The molecule has 1 fully saturated rings. The van der Waals surface area contributed by atoms with Crippen LogP contribution in [0, 0.1) is 72.9 Å². The molecule has 0 aliphatic heterocycles. The summed E-state index contributed by atoms with van der Waals surface area (Å²) in [4.78, 5) is 28.5. The molecule has 0 spiro atoms. The molecule has 51 heavy (non-hydrogen) atoms. The van der Waals surface area contributed by atoms with E-state index in [1.165, 1.54) is 12.0 Å². The van der Waals surface area contributed by atoms with Crippen molar-refractivity contribution in [1.29, 1.82) is 0 Å². The van der Waals surface area contributed by atoms with Gasteiger partial charge in [-0.3, -0.25) is 9.59 Å². The van der Waals surface area contributed by atoms with Crippen molar-refractivity contribution in [3.8, 4) is 0 Å². The molecule has 2 aliphatic carbocycles. The van der Waals surface area contributed by atoms with Crippen LogP contribution in [0.4, 0.5) is 0 Å². The summed E-state index contributed by atoms with van der Waals surface area (Å²) in [6.45, 7) is 50.4. The highest BCUT2D eigenvalue weighted by atomic mass is 16.5. The van der Waals surface area contributed by atoms with Crippen LogP contribution in [0.15, 0.2) is 11.1 Å². The molecular formula is C48H88O3. The van der Waals surface area contributed by atoms with Gasteiger partial charge in [0, 0.05) is 5.41 Å². The van der Waals surface area contributed by atoms with Crippen molar-refractivity contribution in [2.75, 3.05) is 0 Å². The molecule has 0 N–H and O–H groups in total. The van der Waals surface area contributed by atoms with Gasteiger partial charge >= 0.3 is 5.97 Å². The number of hydrogen-bond acceptors (Lipinski definition) is 3. The fourth-order valence-electron chi connectivity index (χ4n) is 9.85. The Kier molecular flexibility index (Phi) is 13.7. The first-order valence-corrected chi connectivity index (χ1v) is 20.9. The van der Waals surface area contributed by atoms with E-state index < -0.39 is 5.41 Å². The van der Waals surface area contributed by atoms with Gasteiger partial charge in [0.25, 0.3) is 0 Å². The van der Waals surface area contributed by atoms with Crippen molar-refractivity contribution < 1.29 is 14.3 Å². The minimum absolute atomic E-state index is 0.0115. The van der Waals surface area contributed by atoms with Crippen molar-refractivity contribution in [2.45, 2.75) is 210 Å². The normalized spacial score (nSPS) is 24.9. The van der Waals surface area contributed by atoms with Gasteiger partial charge in [-0.25, -0.2) is 0 Å². The highest BCUT2D eigenvalue weighted by molar-refractivity contribution is 6.05. The zero-order valence-electron chi connectivity index (χ0n) is 38.3. The van der Waals surface area contributed by atoms with Crippen LogP contribution in [0.1, 0.15) is 204 Å². The lowest BCUT2D eigenvalue weighted by molar-refractivity contribution is -0.176. The third kappa shape index (κ3) is 11.4. The average Bonchev–Trinajstić information content (AvgIpc) is 3.67. The first-order chi connectivity index (χ1) is 22.5. The van der Waals surface area contributed by atoms with Crippen LogP contribution in [0.25, 0.3) is 0 Å². The lowest BCUT2D eigenvalue weighted by Crippen LogP contribution is -2.47. The summed E-state index contributed by atoms with van der Waals surface area (Å²) >= 11 is 0. The van der Waals surface area contributed by atoms with Gasteiger partial charge in [-0.15, -0.1) is 0 Å². The highest BCUT2D eigenvalue weighted by Gasteiger charge is 2.52. The van der Waals surface area contributed by atoms with Gasteiger partial charge in [-0.1, -0.05) is 151 Å². The zero-order valence-corrected chi connectivity index (χ0v) is 38.3. The molecular weight excluding hydrogens is 625 g/mol. The minimum Gasteiger partial charge on any atom is -0.462 e. The average molecular weight is 713 g/mol. The maximum atomic E-state index is 14.3. The van der Waals surface area contributed by atoms with Crippen LogP contribution in [0.5, 0.6) is 0 Å². The van der Waals surface area contributed by atoms with Crippen molar-refractivity contribution in [1.82, 2.24) is 0 Å². The monoisotopic (exact) mass is 713 g/mol. The number of rotatable bonds is 13. The molecule has 0 amide bonds. The topological polar surface area (TPSA) is 43.4 Å². The Morgan fingerprint density at radius 1 is 0.647 bits per heavy atom. The van der Waals surface area contributed by atoms with Crippen molar-refractivity contribution >= 4 is 11.8 Å². The summed E-state index contributed by atoms with van der Waals surface area (Å²) in [6, 6.07) is 0. The number of ketones is 1. The summed E-state index contributed by atoms with van der Waals surface area (Å²) in [5.74, 6) is 2.84. The number of Topliss-reactive ketones (excluding diaryl/α,β-unsaturated/α-hetero) is 1. The summed E-state index contributed by atoms with van der Waals surface area (Å²) < 4.78 is 6.65. The van der Waals surface area contributed by atoms with Gasteiger partial charge in [0.05, 0.1) is 5.41 Å². The third-order valence-electron chi connectivity index (χ3n) is 14.2. The van der Waals surface area contributed by atoms with E-state index in [1.54, 1.807) is 0 Å². The molecule has 0 aromatic rings. The molecule has 7 unspecified atom stereocenters. The summed E-state index contributed by atoms with van der Waals surface area (Å²) in [5.41, 5.74) is 1.75. The lowest BCUT2D eigenvalue weighted by Gasteiger charge is -2.48. The molecule has 0 aromatic carbocycles. The second-order valence-electron chi connectivity index (χ2n) is 24.9. The Balaban J connectivity index is 2.32. The molecule has 298 valence electrons. The second kappa shape index (κ2) is 15.2. The first kappa shape index (κ1) is 46.0. The van der Waals surface area contributed by atoms with Gasteiger partial charge in [-0.2, -0.15) is 0 Å². The van der Waals surface area contributed by atoms with Crippen LogP contribution in [0.2, 0.25) is 0 Å². The van der Waals surface area contributed by atoms with E-state index in [0.717, 1.165) is 50.5 Å². The predicted octanol–water partition coefficient (Wildman–Crippen LogP) is 14.3. The number of allylic oxidation sites excluding steroid dienone is 2. The van der Waals surface area contributed by atoms with Crippen LogP contribution < -0.4 is 0 Å². The molecule has 3 nitrogen and oxygen atoms in total. The second-order valence-corrected chi connectivity index (χ2v) is 24.9. The molecule has 2 aliphatic rings. The Bertz CT molecular complexity index is 1240. The Labute approximate surface area is 319 Å². The molecule has 7 atom stereocenters. The van der Waals surface area contributed by atoms with Gasteiger partial charge < -0.3 is 4.74 Å². The Hall–Kier alpha value is -1.12. The quantitative estimate of drug-likeness (QED) is 0.179. The molecule has 0 heterocycles. The SMILES string of the molecule is CC(C)C(C1=C(C(=O)C(C)(CC(C)(C)C)C(C)(C)C)C1)C(C)CCC(C)(C)C1CC(OC(=O)C(C)(CC(C)(C)C)C(C)(C)C)CC(C(C)(C)C)C1. The predicted molar refractivity (Wildman–Crippen MR) is 221 cm³/mol. The van der Waals surface area contributed by atoms with Gasteiger partial charge in [-0.05, 0) is 126 Å². The molecule has 0 aromatic heterocycles. The van der Waals surface area contributed by atoms with Crippen LogP contribution >= 0.6 is 0 Å². The van der Waals surface area contributed by atoms with Crippen molar-refractivity contribution in [3.05, 3.63) is 11.1 Å². The fourth-order valence-corrected chi connectivity index (χ4v) is 9.85. The Morgan fingerprint density at radius 3 is 1.51 bits per heavy atom. The molecule has 3 heteroatoms. The molecule has 1 saturated carbocycles. The number of ether oxygens (including phenoxy) is 1. The number of hydrogen-bond donors (Lipinski definition) is 0. The van der Waals surface area contributed by atoms with E-state index in [4.69, 9.17) is 4.74 Å². The van der Waals surface area contributed by atoms with E-state index in [0.29, 0.717) is 35.4 Å². The smallest absolute Gasteiger partial charge is 0.312 e. The van der Waals surface area contributed by atoms with E-state index in [-0.39, 0.29) is 50.0 Å². The standard InChI is InChI=1S/C48H88O3/c1-31(2)38(36-28-37(36)39(49)47(21,44(13,14)15)29-41(4,5)6)32(3)23-24-46(19,20)34-25-33(43(10,11)12)26-35(27-34)51-40(50)48(22,45(16,17)18)30-42(7,8)9/h31-35,38H,23-30H2,1-22H3. The van der Waals surface area contributed by atoms with Gasteiger partial charge in [0.2, 0.25) is 0 Å². The number of carbonyl (C=O) groups is 2. The number of esters is 1. The Morgan fingerprint density at radius 2 is 1.10 bits per heavy atom. The summed E-state index contributed by atoms with van der Waals surface area (Å²) in [6.07, 6.45) is 7.94. The van der Waals surface area contributed by atoms with E-state index in [2.05, 4.69) is 152 Å². The van der Waals surface area contributed by atoms with Gasteiger partial charge in [0.1, 0.15) is 6.10 Å². The van der Waals surface area contributed by atoms with Crippen molar-refractivity contribution in [3.63, 3.8) is 0 Å². The first-order valence-electron chi connectivity index (χ1n) is 20.9. The maximum absolute atomic E-state index is 14.3. The molecule has 0 bridgehead atoms. The highest BCUT2D eigenvalue weighted by Crippen LogP contribution is 2.56.